The summed E-state index contributed by atoms with van der Waals surface area (Å²) < 4.78 is 11.2. The maximum atomic E-state index is 12.2. The van der Waals surface area contributed by atoms with Gasteiger partial charge in [-0.25, -0.2) is 0 Å². The molecule has 0 amide bonds. The summed E-state index contributed by atoms with van der Waals surface area (Å²) in [5.41, 5.74) is 11.7. The molecule has 11 heteroatoms. The summed E-state index contributed by atoms with van der Waals surface area (Å²) in [6.45, 7) is 0.986. The van der Waals surface area contributed by atoms with Crippen molar-refractivity contribution in [2.24, 2.45) is 11.5 Å². The zero-order valence-electron chi connectivity index (χ0n) is 28.0. The van der Waals surface area contributed by atoms with Crippen LogP contribution < -0.4 is 11.5 Å². The van der Waals surface area contributed by atoms with E-state index in [1.165, 1.54) is 57.8 Å². The third-order valence-corrected chi connectivity index (χ3v) is 9.10. The monoisotopic (exact) mass is 648 g/mol. The van der Waals surface area contributed by atoms with Crippen LogP contribution in [0.4, 0.5) is 0 Å². The van der Waals surface area contributed by atoms with Crippen molar-refractivity contribution in [2.75, 3.05) is 13.2 Å². The quantitative estimate of drug-likeness (QED) is 0.0553. The Labute approximate surface area is 272 Å². The number of ketones is 1. The van der Waals surface area contributed by atoms with Crippen molar-refractivity contribution in [2.45, 2.75) is 197 Å². The molecule has 1 rings (SSSR count). The highest BCUT2D eigenvalue weighted by atomic mass is 16.7. The third kappa shape index (κ3) is 19.0. The SMILES string of the molecule is CC(N)C(O)CCCCCCCCCCCCCCC(=O)CCCCCCCC(OC1OC(CO)C(O)C(O)C1O)[C@@H](N)CO. The molecule has 0 aromatic heterocycles. The zero-order chi connectivity index (χ0) is 33.5. The lowest BCUT2D eigenvalue weighted by molar-refractivity contribution is -0.313. The second-order valence-electron chi connectivity index (χ2n) is 13.3. The lowest BCUT2D eigenvalue weighted by Gasteiger charge is -2.41. The Hall–Kier alpha value is -0.730. The fourth-order valence-electron chi connectivity index (χ4n) is 5.88. The predicted molar refractivity (Wildman–Crippen MR) is 175 cm³/mol. The summed E-state index contributed by atoms with van der Waals surface area (Å²) in [5.74, 6) is 0.351. The van der Waals surface area contributed by atoms with Crippen LogP contribution in [0.25, 0.3) is 0 Å². The molecule has 0 bridgehead atoms. The molecule has 1 fully saturated rings. The molecule has 268 valence electrons. The predicted octanol–water partition coefficient (Wildman–Crippen LogP) is 2.96. The van der Waals surface area contributed by atoms with E-state index in [2.05, 4.69) is 0 Å². The lowest BCUT2D eigenvalue weighted by atomic mass is 9.98. The fourth-order valence-corrected chi connectivity index (χ4v) is 5.88. The Morgan fingerprint density at radius 2 is 1.13 bits per heavy atom. The first kappa shape index (κ1) is 42.3. The van der Waals surface area contributed by atoms with E-state index in [9.17, 15) is 35.4 Å². The van der Waals surface area contributed by atoms with Gasteiger partial charge < -0.3 is 51.6 Å². The standard InChI is InChI=1S/C34H68N2O9/c1-25(35)28(40)21-17-13-9-7-5-3-2-4-6-8-11-15-19-26(39)20-16-12-10-14-18-22-29(27(36)23-37)44-34-33(43)32(42)31(41)30(24-38)45-34/h25,27-34,37-38,40-43H,2-24,35-36H2,1H3/t25?,27-,28?,29?,30?,31?,32?,33?,34?/m0/s1. The van der Waals surface area contributed by atoms with E-state index in [1.807, 2.05) is 6.92 Å². The maximum Gasteiger partial charge on any atom is 0.187 e. The molecule has 0 saturated carbocycles. The number of nitrogens with two attached hydrogens (primary N) is 2. The number of unbranched alkanes of at least 4 members (excludes halogenated alkanes) is 15. The topological polar surface area (TPSA) is 209 Å². The summed E-state index contributed by atoms with van der Waals surface area (Å²) in [4.78, 5) is 12.2. The molecule has 0 aliphatic carbocycles. The minimum Gasteiger partial charge on any atom is -0.395 e. The molecule has 45 heavy (non-hydrogen) atoms. The average Bonchev–Trinajstić information content (AvgIpc) is 3.03. The van der Waals surface area contributed by atoms with Crippen molar-refractivity contribution in [3.63, 3.8) is 0 Å². The van der Waals surface area contributed by atoms with Gasteiger partial charge in [0, 0.05) is 18.9 Å². The van der Waals surface area contributed by atoms with Crippen LogP contribution in [0.2, 0.25) is 0 Å². The van der Waals surface area contributed by atoms with Crippen LogP contribution in [0.3, 0.4) is 0 Å². The number of carbonyl (C=O) groups excluding carboxylic acids is 1. The van der Waals surface area contributed by atoms with Gasteiger partial charge in [0.15, 0.2) is 6.29 Å². The molecule has 1 heterocycles. The van der Waals surface area contributed by atoms with Crippen LogP contribution in [-0.4, -0.2) is 105 Å². The number of hydrogen-bond donors (Lipinski definition) is 8. The van der Waals surface area contributed by atoms with Crippen LogP contribution in [0.15, 0.2) is 0 Å². The molecule has 0 aromatic carbocycles. The van der Waals surface area contributed by atoms with Gasteiger partial charge in [0.2, 0.25) is 0 Å². The Balaban J connectivity index is 2.00. The summed E-state index contributed by atoms with van der Waals surface area (Å²) in [6.07, 6.45) is 13.8. The number of aliphatic hydroxyl groups is 6. The highest BCUT2D eigenvalue weighted by molar-refractivity contribution is 5.78. The molecule has 11 nitrogen and oxygen atoms in total. The molecule has 1 aliphatic heterocycles. The smallest absolute Gasteiger partial charge is 0.187 e. The van der Waals surface area contributed by atoms with Crippen molar-refractivity contribution in [3.05, 3.63) is 0 Å². The third-order valence-electron chi connectivity index (χ3n) is 9.10. The van der Waals surface area contributed by atoms with Crippen LogP contribution in [0.1, 0.15) is 142 Å². The van der Waals surface area contributed by atoms with Crippen molar-refractivity contribution >= 4 is 5.78 Å². The first-order chi connectivity index (χ1) is 21.6. The van der Waals surface area contributed by atoms with E-state index in [0.717, 1.165) is 57.8 Å². The molecule has 1 saturated heterocycles. The lowest BCUT2D eigenvalue weighted by Crippen LogP contribution is -2.60. The summed E-state index contributed by atoms with van der Waals surface area (Å²) in [6, 6.07) is -0.846. The van der Waals surface area contributed by atoms with Gasteiger partial charge in [-0.2, -0.15) is 0 Å². The Kier molecular flexibility index (Phi) is 24.7. The number of hydrogen-bond acceptors (Lipinski definition) is 11. The van der Waals surface area contributed by atoms with Gasteiger partial charge in [0.25, 0.3) is 0 Å². The van der Waals surface area contributed by atoms with Gasteiger partial charge in [-0.3, -0.25) is 4.79 Å². The molecular weight excluding hydrogens is 580 g/mol. The minimum atomic E-state index is -1.53. The highest BCUT2D eigenvalue weighted by Gasteiger charge is 2.45. The summed E-state index contributed by atoms with van der Waals surface area (Å²) in [7, 11) is 0. The molecule has 0 aromatic rings. The molecule has 1 aliphatic rings. The van der Waals surface area contributed by atoms with Crippen LogP contribution in [0.5, 0.6) is 0 Å². The van der Waals surface area contributed by atoms with Crippen molar-refractivity contribution in [1.82, 2.24) is 0 Å². The van der Waals surface area contributed by atoms with E-state index in [4.69, 9.17) is 20.9 Å². The van der Waals surface area contributed by atoms with Crippen LogP contribution in [-0.2, 0) is 14.3 Å². The van der Waals surface area contributed by atoms with Gasteiger partial charge >= 0.3 is 0 Å². The second kappa shape index (κ2) is 26.3. The normalized spacial score (nSPS) is 24.8. The van der Waals surface area contributed by atoms with Gasteiger partial charge in [-0.05, 0) is 32.6 Å². The van der Waals surface area contributed by atoms with E-state index in [0.29, 0.717) is 25.0 Å². The van der Waals surface area contributed by atoms with Crippen molar-refractivity contribution < 1.29 is 44.9 Å². The number of carbonyl (C=O) groups is 1. The summed E-state index contributed by atoms with van der Waals surface area (Å²) in [5, 5.41) is 58.8. The van der Waals surface area contributed by atoms with Gasteiger partial charge in [0.1, 0.15) is 30.2 Å². The van der Waals surface area contributed by atoms with Crippen LogP contribution >= 0.6 is 0 Å². The Morgan fingerprint density at radius 1 is 0.689 bits per heavy atom. The second-order valence-corrected chi connectivity index (χ2v) is 13.3. The van der Waals surface area contributed by atoms with Gasteiger partial charge in [-0.15, -0.1) is 0 Å². The molecular formula is C34H68N2O9. The van der Waals surface area contributed by atoms with Gasteiger partial charge in [0.05, 0.1) is 31.5 Å². The molecule has 8 unspecified atom stereocenters. The van der Waals surface area contributed by atoms with E-state index >= 15 is 0 Å². The first-order valence-electron chi connectivity index (χ1n) is 17.9. The highest BCUT2D eigenvalue weighted by Crippen LogP contribution is 2.25. The maximum absolute atomic E-state index is 12.2. The zero-order valence-corrected chi connectivity index (χ0v) is 28.0. The largest absolute Gasteiger partial charge is 0.395 e. The molecule has 9 atom stereocenters. The van der Waals surface area contributed by atoms with Crippen LogP contribution in [0, 0.1) is 0 Å². The number of ether oxygens (including phenoxy) is 2. The van der Waals surface area contributed by atoms with E-state index in [1.54, 1.807) is 0 Å². The van der Waals surface area contributed by atoms with Crippen molar-refractivity contribution in [3.8, 4) is 0 Å². The van der Waals surface area contributed by atoms with Gasteiger partial charge in [-0.1, -0.05) is 96.3 Å². The minimum absolute atomic E-state index is 0.132. The Morgan fingerprint density at radius 3 is 1.58 bits per heavy atom. The average molecular weight is 649 g/mol. The van der Waals surface area contributed by atoms with E-state index < -0.39 is 49.5 Å². The molecule has 0 radical (unpaired) electrons. The van der Waals surface area contributed by atoms with Crippen molar-refractivity contribution in [1.29, 1.82) is 0 Å². The number of Topliss-reactive ketones (excluding diaryl/α,β-unsaturated/α-hetero) is 1. The number of rotatable bonds is 29. The first-order valence-corrected chi connectivity index (χ1v) is 17.9. The molecule has 0 spiro atoms. The Bertz CT molecular complexity index is 715. The summed E-state index contributed by atoms with van der Waals surface area (Å²) >= 11 is 0. The molecule has 10 N–H and O–H groups in total. The fraction of sp³-hybridized carbons (Fsp3) is 0.971. The van der Waals surface area contributed by atoms with E-state index in [-0.39, 0.29) is 18.8 Å². The number of aliphatic hydroxyl groups excluding tert-OH is 6.